The van der Waals surface area contributed by atoms with Crippen LogP contribution in [0.2, 0.25) is 0 Å². The van der Waals surface area contributed by atoms with Gasteiger partial charge in [-0.05, 0) is 36.5 Å². The summed E-state index contributed by atoms with van der Waals surface area (Å²) in [5, 5.41) is 4.56. The fourth-order valence-corrected chi connectivity index (χ4v) is 2.94. The first-order valence-electron chi connectivity index (χ1n) is 8.25. The molecule has 1 aromatic heterocycles. The summed E-state index contributed by atoms with van der Waals surface area (Å²) in [6, 6.07) is 16.9. The average Bonchev–Trinajstić information content (AvgIpc) is 2.91. The topological polar surface area (TPSA) is 26.0 Å². The molecule has 0 amide bonds. The van der Waals surface area contributed by atoms with Gasteiger partial charge >= 0.3 is 0 Å². The lowest BCUT2D eigenvalue weighted by atomic mass is 10.2. The second-order valence-corrected chi connectivity index (χ2v) is 6.28. The summed E-state index contributed by atoms with van der Waals surface area (Å²) < 4.78 is 18.2. The number of aromatic nitrogens is 3. The highest BCUT2D eigenvalue weighted by atomic mass is 32.1. The van der Waals surface area contributed by atoms with E-state index in [2.05, 4.69) is 29.1 Å². The lowest BCUT2D eigenvalue weighted by Gasteiger charge is -2.20. The highest BCUT2D eigenvalue weighted by Gasteiger charge is 2.15. The Labute approximate surface area is 152 Å². The van der Waals surface area contributed by atoms with E-state index in [0.717, 1.165) is 13.1 Å². The van der Waals surface area contributed by atoms with Crippen LogP contribution in [0.1, 0.15) is 12.5 Å². The van der Waals surface area contributed by atoms with Crippen molar-refractivity contribution in [2.75, 3.05) is 6.54 Å². The monoisotopic (exact) mass is 356 g/mol. The molecule has 0 aliphatic rings. The third-order valence-electron chi connectivity index (χ3n) is 4.19. The first-order chi connectivity index (χ1) is 12.1. The zero-order valence-electron chi connectivity index (χ0n) is 14.4. The number of nitrogens with zero attached hydrogens (tertiary/aromatic N) is 4. The van der Waals surface area contributed by atoms with Crippen LogP contribution in [-0.2, 0) is 20.3 Å². The van der Waals surface area contributed by atoms with Gasteiger partial charge in [-0.1, -0.05) is 49.4 Å². The molecule has 130 valence electrons. The van der Waals surface area contributed by atoms with E-state index in [4.69, 9.17) is 12.2 Å². The molecule has 1 heterocycles. The van der Waals surface area contributed by atoms with E-state index in [1.165, 1.54) is 11.6 Å². The van der Waals surface area contributed by atoms with Gasteiger partial charge in [-0.2, -0.15) is 5.10 Å². The third-order valence-corrected chi connectivity index (χ3v) is 4.67. The van der Waals surface area contributed by atoms with Crippen LogP contribution in [0, 0.1) is 10.6 Å². The fourth-order valence-electron chi connectivity index (χ4n) is 2.75. The van der Waals surface area contributed by atoms with Crippen molar-refractivity contribution in [1.82, 2.24) is 19.2 Å². The molecular weight excluding hydrogens is 335 g/mol. The Kier molecular flexibility index (Phi) is 5.40. The van der Waals surface area contributed by atoms with E-state index in [1.807, 2.05) is 25.2 Å². The third kappa shape index (κ3) is 3.86. The Hall–Kier alpha value is -2.31. The van der Waals surface area contributed by atoms with Gasteiger partial charge < -0.3 is 4.57 Å². The number of benzene rings is 2. The summed E-state index contributed by atoms with van der Waals surface area (Å²) in [6.07, 6.45) is 0. The van der Waals surface area contributed by atoms with Crippen LogP contribution in [0.25, 0.3) is 11.4 Å². The van der Waals surface area contributed by atoms with Gasteiger partial charge in [0.05, 0.1) is 12.2 Å². The molecule has 0 atom stereocenters. The molecule has 6 heteroatoms. The van der Waals surface area contributed by atoms with Crippen molar-refractivity contribution in [3.05, 3.63) is 70.7 Å². The molecule has 0 fully saturated rings. The molecule has 25 heavy (non-hydrogen) atoms. The average molecular weight is 356 g/mol. The van der Waals surface area contributed by atoms with Gasteiger partial charge in [-0.3, -0.25) is 4.90 Å². The molecule has 3 rings (SSSR count). The van der Waals surface area contributed by atoms with Crippen molar-refractivity contribution in [2.45, 2.75) is 20.1 Å². The molecule has 0 bridgehead atoms. The molecule has 0 unspecified atom stereocenters. The maximum absolute atomic E-state index is 14.1. The van der Waals surface area contributed by atoms with Gasteiger partial charge in [-0.25, -0.2) is 9.07 Å². The van der Waals surface area contributed by atoms with Gasteiger partial charge in [-0.15, -0.1) is 0 Å². The molecule has 4 nitrogen and oxygen atoms in total. The standard InChI is InChI=1S/C19H21FN4S/c1-3-23(13-15-9-5-4-6-10-15)14-24-19(25)22(2)18(21-24)16-11-7-8-12-17(16)20/h4-12H,3,13-14H2,1-2H3. The lowest BCUT2D eigenvalue weighted by Crippen LogP contribution is -2.26. The molecular formula is C19H21FN4S. The zero-order chi connectivity index (χ0) is 17.8. The van der Waals surface area contributed by atoms with Crippen molar-refractivity contribution in [3.8, 4) is 11.4 Å². The summed E-state index contributed by atoms with van der Waals surface area (Å²) in [5.41, 5.74) is 1.70. The van der Waals surface area contributed by atoms with E-state index < -0.39 is 0 Å². The summed E-state index contributed by atoms with van der Waals surface area (Å²) in [4.78, 5) is 2.24. The summed E-state index contributed by atoms with van der Waals surface area (Å²) in [6.45, 7) is 4.34. The quantitative estimate of drug-likeness (QED) is 0.618. The van der Waals surface area contributed by atoms with Crippen molar-refractivity contribution >= 4 is 12.2 Å². The molecule has 0 aliphatic carbocycles. The van der Waals surface area contributed by atoms with Gasteiger partial charge in [0.1, 0.15) is 5.82 Å². The first-order valence-corrected chi connectivity index (χ1v) is 8.66. The second-order valence-electron chi connectivity index (χ2n) is 5.92. The second kappa shape index (κ2) is 7.72. The Balaban J connectivity index is 1.87. The predicted molar refractivity (Wildman–Crippen MR) is 100.0 cm³/mol. The molecule has 0 radical (unpaired) electrons. The van der Waals surface area contributed by atoms with E-state index in [9.17, 15) is 4.39 Å². The van der Waals surface area contributed by atoms with Crippen molar-refractivity contribution in [1.29, 1.82) is 0 Å². The highest BCUT2D eigenvalue weighted by molar-refractivity contribution is 7.71. The number of rotatable bonds is 6. The Morgan fingerprint density at radius 2 is 1.76 bits per heavy atom. The van der Waals surface area contributed by atoms with Gasteiger partial charge in [0.15, 0.2) is 10.6 Å². The van der Waals surface area contributed by atoms with Crippen LogP contribution in [0.4, 0.5) is 4.39 Å². The van der Waals surface area contributed by atoms with E-state index in [1.54, 1.807) is 27.4 Å². The smallest absolute Gasteiger partial charge is 0.199 e. The van der Waals surface area contributed by atoms with Crippen LogP contribution in [-0.4, -0.2) is 25.8 Å². The molecule has 3 aromatic rings. The van der Waals surface area contributed by atoms with Crippen LogP contribution >= 0.6 is 12.2 Å². The molecule has 0 spiro atoms. The molecule has 0 saturated heterocycles. The maximum atomic E-state index is 14.1. The fraction of sp³-hybridized carbons (Fsp3) is 0.263. The largest absolute Gasteiger partial charge is 0.303 e. The van der Waals surface area contributed by atoms with Gasteiger partial charge in [0.25, 0.3) is 0 Å². The van der Waals surface area contributed by atoms with E-state index in [0.29, 0.717) is 22.8 Å². The molecule has 0 saturated carbocycles. The van der Waals surface area contributed by atoms with Crippen LogP contribution in [0.5, 0.6) is 0 Å². The number of halogens is 1. The van der Waals surface area contributed by atoms with Crippen molar-refractivity contribution in [2.24, 2.45) is 7.05 Å². The predicted octanol–water partition coefficient (Wildman–Crippen LogP) is 4.24. The van der Waals surface area contributed by atoms with Gasteiger partial charge in [0.2, 0.25) is 0 Å². The van der Waals surface area contributed by atoms with Crippen molar-refractivity contribution < 1.29 is 4.39 Å². The number of hydrogen-bond donors (Lipinski definition) is 0. The first kappa shape index (κ1) is 17.5. The summed E-state index contributed by atoms with van der Waals surface area (Å²) in [7, 11) is 1.82. The summed E-state index contributed by atoms with van der Waals surface area (Å²) in [5.74, 6) is 0.244. The maximum Gasteiger partial charge on any atom is 0.199 e. The Bertz CT molecular complexity index is 901. The van der Waals surface area contributed by atoms with E-state index >= 15 is 0 Å². The molecule has 0 N–H and O–H groups in total. The number of hydrogen-bond acceptors (Lipinski definition) is 3. The van der Waals surface area contributed by atoms with Crippen LogP contribution < -0.4 is 0 Å². The highest BCUT2D eigenvalue weighted by Crippen LogP contribution is 2.21. The lowest BCUT2D eigenvalue weighted by molar-refractivity contribution is 0.207. The van der Waals surface area contributed by atoms with Crippen LogP contribution in [0.3, 0.4) is 0 Å². The zero-order valence-corrected chi connectivity index (χ0v) is 15.2. The normalized spacial score (nSPS) is 11.2. The van der Waals surface area contributed by atoms with Gasteiger partial charge in [0, 0.05) is 13.6 Å². The van der Waals surface area contributed by atoms with E-state index in [-0.39, 0.29) is 5.82 Å². The minimum Gasteiger partial charge on any atom is -0.303 e. The minimum absolute atomic E-state index is 0.297. The Morgan fingerprint density at radius 3 is 2.44 bits per heavy atom. The SMILES string of the molecule is CCN(Cc1ccccc1)Cn1nc(-c2ccccc2F)n(C)c1=S. The Morgan fingerprint density at radius 1 is 1.08 bits per heavy atom. The molecule has 2 aromatic carbocycles. The van der Waals surface area contributed by atoms with Crippen molar-refractivity contribution in [3.63, 3.8) is 0 Å². The minimum atomic E-state index is -0.297. The van der Waals surface area contributed by atoms with Crippen LogP contribution in [0.15, 0.2) is 54.6 Å². The molecule has 0 aliphatic heterocycles. The summed E-state index contributed by atoms with van der Waals surface area (Å²) >= 11 is 5.50.